The minimum Gasteiger partial charge on any atom is -0.282 e. The van der Waals surface area contributed by atoms with Crippen LogP contribution < -0.4 is 0 Å². The van der Waals surface area contributed by atoms with Crippen LogP contribution in [0.1, 0.15) is 25.0 Å². The maximum atomic E-state index is 10.5. The molecule has 0 radical (unpaired) electrons. The van der Waals surface area contributed by atoms with Gasteiger partial charge in [0.05, 0.1) is 4.90 Å². The van der Waals surface area contributed by atoms with Gasteiger partial charge in [-0.05, 0) is 76.7 Å². The van der Waals surface area contributed by atoms with Crippen LogP contribution in [0.5, 0.6) is 0 Å². The molecule has 0 fully saturated rings. The van der Waals surface area contributed by atoms with Crippen molar-refractivity contribution in [2.45, 2.75) is 32.1 Å². The molecule has 3 aromatic carbocycles. The van der Waals surface area contributed by atoms with Gasteiger partial charge in [0.15, 0.2) is 0 Å². The van der Waals surface area contributed by atoms with Crippen molar-refractivity contribution in [2.24, 2.45) is 5.92 Å². The molecule has 0 saturated heterocycles. The first-order valence-electron chi connectivity index (χ1n) is 9.05. The average molecular weight is 508 g/mol. The summed E-state index contributed by atoms with van der Waals surface area (Å²) in [7, 11) is -4.02. The van der Waals surface area contributed by atoms with E-state index in [4.69, 9.17) is 4.55 Å². The molecule has 5 heteroatoms. The van der Waals surface area contributed by atoms with Gasteiger partial charge < -0.3 is 0 Å². The fraction of sp³-hybridized carbons (Fsp3) is 0.217. The van der Waals surface area contributed by atoms with Crippen molar-refractivity contribution in [3.8, 4) is 11.1 Å². The summed E-state index contributed by atoms with van der Waals surface area (Å²) in [4.78, 5) is -0.0666. The Morgan fingerprint density at radius 1 is 0.893 bits per heavy atom. The smallest absolute Gasteiger partial charge is 0.282 e. The van der Waals surface area contributed by atoms with Crippen molar-refractivity contribution in [3.63, 3.8) is 0 Å². The Morgan fingerprint density at radius 2 is 1.46 bits per heavy atom. The normalized spacial score (nSPS) is 11.1. The summed E-state index contributed by atoms with van der Waals surface area (Å²) >= 11 is 2.39. The Kier molecular flexibility index (Phi) is 8.22. The van der Waals surface area contributed by atoms with Gasteiger partial charge in [0.1, 0.15) is 0 Å². The second-order valence-electron chi connectivity index (χ2n) is 7.06. The summed E-state index contributed by atoms with van der Waals surface area (Å²) < 4.78 is 30.9. The van der Waals surface area contributed by atoms with E-state index in [1.165, 1.54) is 32.4 Å². The molecule has 3 rings (SSSR count). The van der Waals surface area contributed by atoms with Crippen LogP contribution in [0.4, 0.5) is 0 Å². The van der Waals surface area contributed by atoms with E-state index in [0.29, 0.717) is 0 Å². The maximum absolute atomic E-state index is 10.5. The fourth-order valence-electron chi connectivity index (χ4n) is 2.70. The highest BCUT2D eigenvalue weighted by Crippen LogP contribution is 2.25. The molecule has 0 bridgehead atoms. The molecule has 0 spiro atoms. The number of aryl methyl sites for hydroxylation is 1. The highest BCUT2D eigenvalue weighted by atomic mass is 127. The second kappa shape index (κ2) is 10.2. The first kappa shape index (κ1) is 22.6. The summed E-state index contributed by atoms with van der Waals surface area (Å²) in [6.07, 6.45) is 1.16. The molecule has 148 valence electrons. The van der Waals surface area contributed by atoms with Gasteiger partial charge in [-0.25, -0.2) is 0 Å². The van der Waals surface area contributed by atoms with Crippen LogP contribution in [0.3, 0.4) is 0 Å². The third-order valence-electron chi connectivity index (χ3n) is 4.10. The molecule has 28 heavy (non-hydrogen) atoms. The molecule has 0 heterocycles. The number of halogens is 1. The minimum absolute atomic E-state index is 0.0666. The molecule has 0 aliphatic heterocycles. The lowest BCUT2D eigenvalue weighted by atomic mass is 9.99. The van der Waals surface area contributed by atoms with Crippen molar-refractivity contribution >= 4 is 32.7 Å². The van der Waals surface area contributed by atoms with E-state index in [1.54, 1.807) is 12.1 Å². The predicted octanol–water partition coefficient (Wildman–Crippen LogP) is 6.40. The van der Waals surface area contributed by atoms with Gasteiger partial charge in [0.2, 0.25) is 0 Å². The average Bonchev–Trinajstić information content (AvgIpc) is 2.63. The Hall–Kier alpha value is -1.70. The molecule has 3 aromatic rings. The maximum Gasteiger partial charge on any atom is 0.294 e. The molecule has 0 amide bonds. The molecule has 0 saturated carbocycles. The van der Waals surface area contributed by atoms with Gasteiger partial charge in [0, 0.05) is 3.57 Å². The number of hydrogen-bond donors (Lipinski definition) is 1. The van der Waals surface area contributed by atoms with E-state index in [2.05, 4.69) is 85.0 Å². The Balaban J connectivity index is 0.000000221. The predicted molar refractivity (Wildman–Crippen MR) is 124 cm³/mol. The number of benzene rings is 3. The summed E-state index contributed by atoms with van der Waals surface area (Å²) in [6, 6.07) is 23.5. The Morgan fingerprint density at radius 3 is 1.96 bits per heavy atom. The molecule has 3 nitrogen and oxygen atoms in total. The first-order chi connectivity index (χ1) is 13.2. The summed E-state index contributed by atoms with van der Waals surface area (Å²) in [6.45, 7) is 6.36. The van der Waals surface area contributed by atoms with Crippen LogP contribution in [-0.4, -0.2) is 13.0 Å². The lowest BCUT2D eigenvalue weighted by Gasteiger charge is -2.08. The Bertz CT molecular complexity index is 993. The monoisotopic (exact) mass is 508 g/mol. The van der Waals surface area contributed by atoms with Crippen LogP contribution in [0.25, 0.3) is 11.1 Å². The van der Waals surface area contributed by atoms with Gasteiger partial charge >= 0.3 is 0 Å². The molecule has 0 atom stereocenters. The molecule has 0 aliphatic carbocycles. The van der Waals surface area contributed by atoms with Gasteiger partial charge in [0.25, 0.3) is 10.1 Å². The molecule has 0 unspecified atom stereocenters. The van der Waals surface area contributed by atoms with Crippen LogP contribution in [0.15, 0.2) is 77.7 Å². The zero-order valence-corrected chi connectivity index (χ0v) is 19.2. The van der Waals surface area contributed by atoms with Crippen LogP contribution in [0.2, 0.25) is 0 Å². The third-order valence-corrected chi connectivity index (χ3v) is 5.91. The van der Waals surface area contributed by atoms with Crippen molar-refractivity contribution in [2.75, 3.05) is 0 Å². The number of hydrogen-bond acceptors (Lipinski definition) is 2. The fourth-order valence-corrected chi connectivity index (χ4v) is 3.88. The van der Waals surface area contributed by atoms with Crippen molar-refractivity contribution in [1.29, 1.82) is 0 Å². The second-order valence-corrected chi connectivity index (χ2v) is 9.65. The van der Waals surface area contributed by atoms with E-state index < -0.39 is 10.1 Å². The van der Waals surface area contributed by atoms with Crippen LogP contribution >= 0.6 is 22.6 Å². The highest BCUT2D eigenvalue weighted by molar-refractivity contribution is 14.1. The SMILES string of the molecule is CC(C)Cc1ccc(-c2ccccc2I)cc1.Cc1ccc(S(=O)(=O)O)cc1. The van der Waals surface area contributed by atoms with Crippen LogP contribution in [0, 0.1) is 16.4 Å². The van der Waals surface area contributed by atoms with Crippen molar-refractivity contribution < 1.29 is 13.0 Å². The van der Waals surface area contributed by atoms with Gasteiger partial charge in [-0.2, -0.15) is 8.42 Å². The third kappa shape index (κ3) is 7.04. The summed E-state index contributed by atoms with van der Waals surface area (Å²) in [5, 5.41) is 0. The lowest BCUT2D eigenvalue weighted by Crippen LogP contribution is -1.96. The zero-order valence-electron chi connectivity index (χ0n) is 16.3. The van der Waals surface area contributed by atoms with Gasteiger partial charge in [-0.15, -0.1) is 0 Å². The van der Waals surface area contributed by atoms with E-state index >= 15 is 0 Å². The topological polar surface area (TPSA) is 54.4 Å². The largest absolute Gasteiger partial charge is 0.294 e. The van der Waals surface area contributed by atoms with Crippen molar-refractivity contribution in [1.82, 2.24) is 0 Å². The van der Waals surface area contributed by atoms with Gasteiger partial charge in [-0.3, -0.25) is 4.55 Å². The molecule has 0 aliphatic rings. The van der Waals surface area contributed by atoms with E-state index in [-0.39, 0.29) is 4.90 Å². The van der Waals surface area contributed by atoms with E-state index in [0.717, 1.165) is 17.9 Å². The molecular weight excluding hydrogens is 483 g/mol. The number of rotatable bonds is 4. The van der Waals surface area contributed by atoms with Gasteiger partial charge in [-0.1, -0.05) is 74.0 Å². The lowest BCUT2D eigenvalue weighted by molar-refractivity contribution is 0.483. The first-order valence-corrected chi connectivity index (χ1v) is 11.6. The standard InChI is InChI=1S/C16H17I.C7H8O3S/c1-12(2)11-13-7-9-14(10-8-13)15-5-3-4-6-16(15)17;1-6-2-4-7(5-3-6)11(8,9)10/h3-10,12H,11H2,1-2H3;2-5H,1H3,(H,8,9,10). The summed E-state index contributed by atoms with van der Waals surface area (Å²) in [5.41, 5.74) is 5.01. The molecule has 0 aromatic heterocycles. The highest BCUT2D eigenvalue weighted by Gasteiger charge is 2.07. The Labute approximate surface area is 181 Å². The molecule has 1 N–H and O–H groups in total. The van der Waals surface area contributed by atoms with Crippen molar-refractivity contribution in [3.05, 3.63) is 87.5 Å². The summed E-state index contributed by atoms with van der Waals surface area (Å²) in [5.74, 6) is 0.720. The quantitative estimate of drug-likeness (QED) is 0.328. The molecular formula is C23H25IO3S. The van der Waals surface area contributed by atoms with Crippen LogP contribution in [-0.2, 0) is 16.5 Å². The minimum atomic E-state index is -4.02. The zero-order chi connectivity index (χ0) is 20.7. The van der Waals surface area contributed by atoms with E-state index in [1.807, 2.05) is 6.92 Å². The van der Waals surface area contributed by atoms with E-state index in [9.17, 15) is 8.42 Å².